The predicted octanol–water partition coefficient (Wildman–Crippen LogP) is 2.57. The number of aromatic nitrogens is 2. The third kappa shape index (κ3) is 4.51. The minimum Gasteiger partial charge on any atom is -0.497 e. The van der Waals surface area contributed by atoms with Gasteiger partial charge in [-0.15, -0.1) is 12.4 Å². The van der Waals surface area contributed by atoms with Crippen LogP contribution in [0.5, 0.6) is 5.75 Å². The molecule has 2 aromatic rings. The second-order valence-electron chi connectivity index (χ2n) is 4.19. The molecule has 0 spiro atoms. The summed E-state index contributed by atoms with van der Waals surface area (Å²) < 4.78 is 19.2. The van der Waals surface area contributed by atoms with Crippen LogP contribution in [-0.4, -0.2) is 23.6 Å². The summed E-state index contributed by atoms with van der Waals surface area (Å²) in [5.41, 5.74) is 2.14. The van der Waals surface area contributed by atoms with Crippen LogP contribution in [0.1, 0.15) is 11.3 Å². The van der Waals surface area contributed by atoms with E-state index in [1.165, 1.54) is 0 Å². The Bertz CT molecular complexity index is 519. The average molecular weight is 300 g/mol. The van der Waals surface area contributed by atoms with E-state index >= 15 is 0 Å². The van der Waals surface area contributed by atoms with E-state index in [2.05, 4.69) is 10.4 Å². The van der Waals surface area contributed by atoms with Crippen LogP contribution in [0.15, 0.2) is 36.5 Å². The van der Waals surface area contributed by atoms with Crippen LogP contribution >= 0.6 is 12.4 Å². The summed E-state index contributed by atoms with van der Waals surface area (Å²) in [5.74, 6) is 0.849. The van der Waals surface area contributed by atoms with Gasteiger partial charge < -0.3 is 10.1 Å². The van der Waals surface area contributed by atoms with Crippen molar-refractivity contribution in [3.05, 3.63) is 47.8 Å². The van der Waals surface area contributed by atoms with Gasteiger partial charge in [-0.1, -0.05) is 12.1 Å². The number of halogens is 2. The van der Waals surface area contributed by atoms with Crippen LogP contribution in [0.2, 0.25) is 0 Å². The SMILES string of the molecule is COc1cccc(CNCc2ccnn2CCF)c1.Cl. The molecule has 20 heavy (non-hydrogen) atoms. The maximum absolute atomic E-state index is 12.3. The Hall–Kier alpha value is -1.59. The zero-order chi connectivity index (χ0) is 13.5. The third-order valence-electron chi connectivity index (χ3n) is 2.87. The van der Waals surface area contributed by atoms with Gasteiger partial charge in [-0.25, -0.2) is 4.39 Å². The molecule has 0 aliphatic carbocycles. The van der Waals surface area contributed by atoms with Crippen molar-refractivity contribution in [3.63, 3.8) is 0 Å². The molecule has 110 valence electrons. The lowest BCUT2D eigenvalue weighted by Gasteiger charge is -2.08. The van der Waals surface area contributed by atoms with E-state index in [-0.39, 0.29) is 12.4 Å². The summed E-state index contributed by atoms with van der Waals surface area (Å²) in [5, 5.41) is 7.39. The highest BCUT2D eigenvalue weighted by Gasteiger charge is 2.02. The highest BCUT2D eigenvalue weighted by atomic mass is 35.5. The zero-order valence-corrected chi connectivity index (χ0v) is 12.2. The Morgan fingerprint density at radius 1 is 1.30 bits per heavy atom. The Morgan fingerprint density at radius 3 is 2.90 bits per heavy atom. The van der Waals surface area contributed by atoms with Crippen LogP contribution in [-0.2, 0) is 19.6 Å². The smallest absolute Gasteiger partial charge is 0.119 e. The highest BCUT2D eigenvalue weighted by molar-refractivity contribution is 5.85. The van der Waals surface area contributed by atoms with Gasteiger partial charge in [-0.2, -0.15) is 5.10 Å². The Morgan fingerprint density at radius 2 is 2.15 bits per heavy atom. The summed E-state index contributed by atoms with van der Waals surface area (Å²) >= 11 is 0. The maximum atomic E-state index is 12.3. The molecule has 0 saturated heterocycles. The van der Waals surface area contributed by atoms with Crippen LogP contribution < -0.4 is 10.1 Å². The van der Waals surface area contributed by atoms with Crippen LogP contribution in [0.3, 0.4) is 0 Å². The number of nitrogens with one attached hydrogen (secondary N) is 1. The monoisotopic (exact) mass is 299 g/mol. The minimum atomic E-state index is -0.398. The van der Waals surface area contributed by atoms with Gasteiger partial charge in [0.1, 0.15) is 12.4 Å². The molecular weight excluding hydrogens is 281 g/mol. The van der Waals surface area contributed by atoms with E-state index in [1.807, 2.05) is 30.3 Å². The molecule has 1 N–H and O–H groups in total. The number of alkyl halides is 1. The predicted molar refractivity (Wildman–Crippen MR) is 79.0 cm³/mol. The molecule has 0 bridgehead atoms. The first-order chi connectivity index (χ1) is 9.33. The highest BCUT2D eigenvalue weighted by Crippen LogP contribution is 2.12. The fraction of sp³-hybridized carbons (Fsp3) is 0.357. The fourth-order valence-corrected chi connectivity index (χ4v) is 1.91. The van der Waals surface area contributed by atoms with E-state index in [1.54, 1.807) is 18.0 Å². The van der Waals surface area contributed by atoms with Crippen LogP contribution in [0, 0.1) is 0 Å². The topological polar surface area (TPSA) is 39.1 Å². The molecule has 0 aliphatic rings. The molecule has 0 aliphatic heterocycles. The number of aryl methyl sites for hydroxylation is 1. The lowest BCUT2D eigenvalue weighted by molar-refractivity contribution is 0.413. The standard InChI is InChI=1S/C14H18FN3O.ClH/c1-19-14-4-2-3-12(9-14)10-16-11-13-5-7-17-18(13)8-6-15;/h2-5,7,9,16H,6,8,10-11H2,1H3;1H. The molecule has 0 fully saturated rings. The number of benzene rings is 1. The molecule has 0 saturated carbocycles. The molecule has 0 unspecified atom stereocenters. The number of nitrogens with zero attached hydrogens (tertiary/aromatic N) is 2. The second-order valence-corrected chi connectivity index (χ2v) is 4.19. The third-order valence-corrected chi connectivity index (χ3v) is 2.87. The van der Waals surface area contributed by atoms with E-state index in [0.717, 1.165) is 23.6 Å². The van der Waals surface area contributed by atoms with E-state index in [4.69, 9.17) is 4.74 Å². The van der Waals surface area contributed by atoms with Crippen molar-refractivity contribution < 1.29 is 9.13 Å². The number of ether oxygens (including phenoxy) is 1. The summed E-state index contributed by atoms with van der Waals surface area (Å²) in [4.78, 5) is 0. The van der Waals surface area contributed by atoms with Crippen molar-refractivity contribution >= 4 is 12.4 Å². The second kappa shape index (κ2) is 8.55. The van der Waals surface area contributed by atoms with Crippen molar-refractivity contribution in [1.82, 2.24) is 15.1 Å². The molecule has 1 heterocycles. The van der Waals surface area contributed by atoms with E-state index < -0.39 is 6.67 Å². The van der Waals surface area contributed by atoms with Crippen molar-refractivity contribution in [2.75, 3.05) is 13.8 Å². The van der Waals surface area contributed by atoms with Crippen LogP contribution in [0.25, 0.3) is 0 Å². The molecular formula is C14H19ClFN3O. The quantitative estimate of drug-likeness (QED) is 0.854. The van der Waals surface area contributed by atoms with E-state index in [0.29, 0.717) is 13.1 Å². The Labute approximate surface area is 124 Å². The number of methoxy groups -OCH3 is 1. The lowest BCUT2D eigenvalue weighted by Crippen LogP contribution is -2.17. The van der Waals surface area contributed by atoms with Gasteiger partial charge >= 0.3 is 0 Å². The zero-order valence-electron chi connectivity index (χ0n) is 11.4. The largest absolute Gasteiger partial charge is 0.497 e. The van der Waals surface area contributed by atoms with Gasteiger partial charge in [0.2, 0.25) is 0 Å². The van der Waals surface area contributed by atoms with Gasteiger partial charge in [0, 0.05) is 19.3 Å². The minimum absolute atomic E-state index is 0. The van der Waals surface area contributed by atoms with Crippen molar-refractivity contribution in [3.8, 4) is 5.75 Å². The van der Waals surface area contributed by atoms with Crippen molar-refractivity contribution in [2.45, 2.75) is 19.6 Å². The molecule has 2 rings (SSSR count). The van der Waals surface area contributed by atoms with Gasteiger partial charge in [0.05, 0.1) is 19.3 Å². The number of hydrogen-bond donors (Lipinski definition) is 1. The van der Waals surface area contributed by atoms with Gasteiger partial charge in [0.15, 0.2) is 0 Å². The van der Waals surface area contributed by atoms with E-state index in [9.17, 15) is 4.39 Å². The molecule has 6 heteroatoms. The first kappa shape index (κ1) is 16.5. The Balaban J connectivity index is 0.00000200. The average Bonchev–Trinajstić information content (AvgIpc) is 2.87. The van der Waals surface area contributed by atoms with Crippen LogP contribution in [0.4, 0.5) is 4.39 Å². The summed E-state index contributed by atoms with van der Waals surface area (Å²) in [7, 11) is 1.65. The van der Waals surface area contributed by atoms with Gasteiger partial charge in [-0.3, -0.25) is 4.68 Å². The van der Waals surface area contributed by atoms with Crippen molar-refractivity contribution in [2.24, 2.45) is 0 Å². The summed E-state index contributed by atoms with van der Waals surface area (Å²) in [6.45, 7) is 1.31. The van der Waals surface area contributed by atoms with Gasteiger partial charge in [-0.05, 0) is 23.8 Å². The normalized spacial score (nSPS) is 10.1. The number of hydrogen-bond acceptors (Lipinski definition) is 3. The summed E-state index contributed by atoms with van der Waals surface area (Å²) in [6.07, 6.45) is 1.69. The first-order valence-electron chi connectivity index (χ1n) is 6.24. The molecule has 0 amide bonds. The lowest BCUT2D eigenvalue weighted by atomic mass is 10.2. The fourth-order valence-electron chi connectivity index (χ4n) is 1.91. The molecule has 4 nitrogen and oxygen atoms in total. The first-order valence-corrected chi connectivity index (χ1v) is 6.24. The number of rotatable bonds is 7. The summed E-state index contributed by atoms with van der Waals surface area (Å²) in [6, 6.07) is 9.80. The van der Waals surface area contributed by atoms with Gasteiger partial charge in [0.25, 0.3) is 0 Å². The van der Waals surface area contributed by atoms with Crippen molar-refractivity contribution in [1.29, 1.82) is 0 Å². The maximum Gasteiger partial charge on any atom is 0.119 e. The molecule has 0 radical (unpaired) electrons. The molecule has 0 atom stereocenters. The molecule has 1 aromatic heterocycles. The Kier molecular flexibility index (Phi) is 7.04. The molecule has 1 aromatic carbocycles.